The number of hydrogen-bond acceptors (Lipinski definition) is 3. The summed E-state index contributed by atoms with van der Waals surface area (Å²) >= 11 is 0. The summed E-state index contributed by atoms with van der Waals surface area (Å²) in [6.45, 7) is 6.39. The molecule has 0 saturated heterocycles. The fraction of sp³-hybridized carbons (Fsp3) is 0.909. The molecular formula is C22H44O3. The Hall–Kier alpha value is -0.380. The first kappa shape index (κ1) is 24.6. The van der Waals surface area contributed by atoms with E-state index in [0.717, 1.165) is 45.3 Å². The van der Waals surface area contributed by atoms with Crippen molar-refractivity contribution in [3.63, 3.8) is 0 Å². The molecule has 0 aromatic rings. The van der Waals surface area contributed by atoms with Crippen molar-refractivity contribution in [2.75, 3.05) is 19.8 Å². The second-order valence-corrected chi connectivity index (χ2v) is 6.91. The molecule has 0 rings (SSSR count). The average molecular weight is 357 g/mol. The van der Waals surface area contributed by atoms with E-state index in [0.29, 0.717) is 0 Å². The van der Waals surface area contributed by atoms with Gasteiger partial charge in [-0.1, -0.05) is 70.9 Å². The van der Waals surface area contributed by atoms with Crippen molar-refractivity contribution in [2.24, 2.45) is 0 Å². The van der Waals surface area contributed by atoms with Crippen molar-refractivity contribution in [1.82, 2.24) is 0 Å². The summed E-state index contributed by atoms with van der Waals surface area (Å²) in [4.78, 5) is 0. The number of allylic oxidation sites excluding steroid dienone is 1. The van der Waals surface area contributed by atoms with E-state index < -0.39 is 0 Å². The zero-order valence-electron chi connectivity index (χ0n) is 17.0. The third-order valence-electron chi connectivity index (χ3n) is 4.38. The minimum atomic E-state index is 0.00938. The highest BCUT2D eigenvalue weighted by Gasteiger charge is 2.09. The summed E-state index contributed by atoms with van der Waals surface area (Å²) in [5.41, 5.74) is 0. The van der Waals surface area contributed by atoms with Crippen LogP contribution in [0, 0.1) is 0 Å². The van der Waals surface area contributed by atoms with Crippen LogP contribution < -0.4 is 0 Å². The normalized spacial score (nSPS) is 11.8. The van der Waals surface area contributed by atoms with Gasteiger partial charge in [-0.15, -0.1) is 0 Å². The van der Waals surface area contributed by atoms with Gasteiger partial charge in [-0.3, -0.25) is 0 Å². The van der Waals surface area contributed by atoms with E-state index in [1.807, 2.05) is 0 Å². The van der Waals surface area contributed by atoms with Crippen LogP contribution in [0.2, 0.25) is 0 Å². The molecule has 0 aromatic heterocycles. The van der Waals surface area contributed by atoms with Gasteiger partial charge >= 0.3 is 0 Å². The first-order valence-corrected chi connectivity index (χ1v) is 10.8. The monoisotopic (exact) mass is 356 g/mol. The minimum Gasteiger partial charge on any atom is -0.396 e. The van der Waals surface area contributed by atoms with Gasteiger partial charge < -0.3 is 14.6 Å². The molecular weight excluding hydrogens is 312 g/mol. The van der Waals surface area contributed by atoms with Crippen LogP contribution in [0.25, 0.3) is 0 Å². The first-order valence-electron chi connectivity index (χ1n) is 10.8. The smallest absolute Gasteiger partial charge is 0.157 e. The molecule has 0 aliphatic rings. The van der Waals surface area contributed by atoms with Crippen LogP contribution in [-0.4, -0.2) is 31.2 Å². The van der Waals surface area contributed by atoms with E-state index >= 15 is 0 Å². The van der Waals surface area contributed by atoms with Crippen molar-refractivity contribution in [1.29, 1.82) is 0 Å². The van der Waals surface area contributed by atoms with Crippen molar-refractivity contribution < 1.29 is 14.6 Å². The molecule has 0 spiro atoms. The fourth-order valence-corrected chi connectivity index (χ4v) is 2.76. The molecule has 0 bridgehead atoms. The minimum absolute atomic E-state index is 0.00938. The highest BCUT2D eigenvalue weighted by Crippen LogP contribution is 2.13. The molecule has 1 N–H and O–H groups in total. The van der Waals surface area contributed by atoms with Gasteiger partial charge in [0.25, 0.3) is 0 Å². The Labute approximate surface area is 157 Å². The third kappa shape index (κ3) is 19.8. The van der Waals surface area contributed by atoms with E-state index in [4.69, 9.17) is 14.6 Å². The lowest BCUT2D eigenvalue weighted by Crippen LogP contribution is -2.19. The van der Waals surface area contributed by atoms with Crippen LogP contribution in [0.1, 0.15) is 104 Å². The Morgan fingerprint density at radius 2 is 1.24 bits per heavy atom. The zero-order chi connectivity index (χ0) is 18.4. The van der Waals surface area contributed by atoms with Crippen molar-refractivity contribution in [2.45, 2.75) is 110 Å². The molecule has 0 heterocycles. The maximum absolute atomic E-state index is 8.70. The molecule has 0 aliphatic carbocycles. The van der Waals surface area contributed by atoms with Crippen molar-refractivity contribution >= 4 is 0 Å². The number of aliphatic hydroxyl groups excluding tert-OH is 1. The molecule has 3 heteroatoms. The van der Waals surface area contributed by atoms with Crippen LogP contribution in [0.15, 0.2) is 12.2 Å². The Balaban J connectivity index is 3.66. The predicted molar refractivity (Wildman–Crippen MR) is 108 cm³/mol. The van der Waals surface area contributed by atoms with Crippen LogP contribution in [0.3, 0.4) is 0 Å². The SMILES string of the molecule is CCCCCOC(CCCCCCC/C=C/CCO)OCCCCC. The Bertz CT molecular complexity index is 254. The van der Waals surface area contributed by atoms with E-state index in [9.17, 15) is 0 Å². The molecule has 0 aliphatic heterocycles. The largest absolute Gasteiger partial charge is 0.396 e. The second-order valence-electron chi connectivity index (χ2n) is 6.91. The molecule has 150 valence electrons. The van der Waals surface area contributed by atoms with Gasteiger partial charge in [-0.25, -0.2) is 0 Å². The molecule has 0 saturated carbocycles. The molecule has 0 amide bonds. The number of aliphatic hydroxyl groups is 1. The topological polar surface area (TPSA) is 38.7 Å². The van der Waals surface area contributed by atoms with Crippen LogP contribution in [0.5, 0.6) is 0 Å². The Morgan fingerprint density at radius 3 is 1.84 bits per heavy atom. The summed E-state index contributed by atoms with van der Waals surface area (Å²) in [6.07, 6.45) is 20.8. The molecule has 0 atom stereocenters. The van der Waals surface area contributed by atoms with E-state index in [1.54, 1.807) is 0 Å². The lowest BCUT2D eigenvalue weighted by atomic mass is 10.1. The standard InChI is InChI=1S/C22H44O3/c1-3-5-16-20-24-22(25-21-17-6-4-2)18-14-12-10-8-7-9-11-13-15-19-23/h11,13,22-23H,3-10,12,14-21H2,1-2H3/b13-11+. The zero-order valence-corrected chi connectivity index (χ0v) is 17.0. The van der Waals surface area contributed by atoms with Crippen LogP contribution in [0.4, 0.5) is 0 Å². The van der Waals surface area contributed by atoms with Gasteiger partial charge in [0, 0.05) is 19.8 Å². The van der Waals surface area contributed by atoms with Gasteiger partial charge in [-0.05, 0) is 44.9 Å². The van der Waals surface area contributed by atoms with E-state index in [1.165, 1.54) is 57.8 Å². The van der Waals surface area contributed by atoms with Gasteiger partial charge in [0.1, 0.15) is 0 Å². The average Bonchev–Trinajstić information content (AvgIpc) is 2.63. The van der Waals surface area contributed by atoms with Gasteiger partial charge in [0.2, 0.25) is 0 Å². The number of rotatable bonds is 20. The van der Waals surface area contributed by atoms with Gasteiger partial charge in [-0.2, -0.15) is 0 Å². The Kier molecular flexibility index (Phi) is 21.3. The van der Waals surface area contributed by atoms with Gasteiger partial charge in [0.15, 0.2) is 6.29 Å². The van der Waals surface area contributed by atoms with E-state index in [-0.39, 0.29) is 12.9 Å². The van der Waals surface area contributed by atoms with Crippen LogP contribution >= 0.6 is 0 Å². The Morgan fingerprint density at radius 1 is 0.680 bits per heavy atom. The van der Waals surface area contributed by atoms with Gasteiger partial charge in [0.05, 0.1) is 0 Å². The maximum Gasteiger partial charge on any atom is 0.157 e. The molecule has 25 heavy (non-hydrogen) atoms. The first-order chi connectivity index (χ1) is 12.3. The quantitative estimate of drug-likeness (QED) is 0.156. The predicted octanol–water partition coefficient (Wildman–Crippen LogP) is 6.40. The van der Waals surface area contributed by atoms with Crippen molar-refractivity contribution in [3.8, 4) is 0 Å². The summed E-state index contributed by atoms with van der Waals surface area (Å²) in [5, 5.41) is 8.70. The molecule has 0 aromatic carbocycles. The highest BCUT2D eigenvalue weighted by molar-refractivity contribution is 4.80. The molecule has 3 nitrogen and oxygen atoms in total. The fourth-order valence-electron chi connectivity index (χ4n) is 2.76. The number of ether oxygens (including phenoxy) is 2. The molecule has 0 unspecified atom stereocenters. The molecule has 0 radical (unpaired) electrons. The lowest BCUT2D eigenvalue weighted by molar-refractivity contribution is -0.148. The summed E-state index contributed by atoms with van der Waals surface area (Å²) in [5.74, 6) is 0. The third-order valence-corrected chi connectivity index (χ3v) is 4.38. The number of unbranched alkanes of at least 4 members (excludes halogenated alkanes) is 9. The number of hydrogen-bond donors (Lipinski definition) is 1. The molecule has 0 fully saturated rings. The van der Waals surface area contributed by atoms with Crippen molar-refractivity contribution in [3.05, 3.63) is 12.2 Å². The maximum atomic E-state index is 8.70. The summed E-state index contributed by atoms with van der Waals surface area (Å²) in [7, 11) is 0. The van der Waals surface area contributed by atoms with Crippen LogP contribution in [-0.2, 0) is 9.47 Å². The summed E-state index contributed by atoms with van der Waals surface area (Å²) in [6, 6.07) is 0. The lowest BCUT2D eigenvalue weighted by Gasteiger charge is -2.18. The van der Waals surface area contributed by atoms with E-state index in [2.05, 4.69) is 26.0 Å². The summed E-state index contributed by atoms with van der Waals surface area (Å²) < 4.78 is 11.9. The highest BCUT2D eigenvalue weighted by atomic mass is 16.7. The second kappa shape index (κ2) is 21.7.